The number of amides is 2. The topological polar surface area (TPSA) is 83.9 Å². The molecule has 38 heavy (non-hydrogen) atoms. The predicted molar refractivity (Wildman–Crippen MR) is 143 cm³/mol. The summed E-state index contributed by atoms with van der Waals surface area (Å²) in [6.45, 7) is 4.34. The maximum absolute atomic E-state index is 13.8. The lowest BCUT2D eigenvalue weighted by Gasteiger charge is -2.31. The number of hydrazone groups is 1. The van der Waals surface area contributed by atoms with Crippen molar-refractivity contribution < 1.29 is 23.8 Å². The van der Waals surface area contributed by atoms with Gasteiger partial charge in [0, 0.05) is 44.1 Å². The fourth-order valence-electron chi connectivity index (χ4n) is 5.06. The molecule has 2 amide bonds. The number of hydrogen-bond acceptors (Lipinski definition) is 7. The molecule has 1 saturated carbocycles. The number of ether oxygens (including phenoxy) is 3. The SMILES string of the molecule is COc1ccc(C2=NN(C(=O)CN(CCN3CCOCC3)C(=O)C3CC3)[C@@H](c3ccccc3OC)C2)cc1. The molecule has 2 fully saturated rings. The number of benzene rings is 2. The Kier molecular flexibility index (Phi) is 8.24. The van der Waals surface area contributed by atoms with Gasteiger partial charge in [0.2, 0.25) is 5.91 Å². The van der Waals surface area contributed by atoms with Crippen LogP contribution < -0.4 is 9.47 Å². The number of para-hydroxylation sites is 1. The molecule has 202 valence electrons. The summed E-state index contributed by atoms with van der Waals surface area (Å²) in [4.78, 5) is 31.0. The number of hydrogen-bond donors (Lipinski definition) is 0. The second-order valence-electron chi connectivity index (χ2n) is 9.96. The highest BCUT2D eigenvalue weighted by Gasteiger charge is 2.38. The van der Waals surface area contributed by atoms with E-state index >= 15 is 0 Å². The first-order chi connectivity index (χ1) is 18.6. The van der Waals surface area contributed by atoms with Crippen LogP contribution in [0.3, 0.4) is 0 Å². The molecule has 1 saturated heterocycles. The van der Waals surface area contributed by atoms with Gasteiger partial charge in [-0.15, -0.1) is 0 Å². The van der Waals surface area contributed by atoms with E-state index in [1.807, 2.05) is 48.5 Å². The second kappa shape index (κ2) is 12.0. The summed E-state index contributed by atoms with van der Waals surface area (Å²) in [5.41, 5.74) is 2.63. The molecule has 2 aromatic rings. The van der Waals surface area contributed by atoms with E-state index in [2.05, 4.69) is 4.90 Å². The molecule has 9 nitrogen and oxygen atoms in total. The molecule has 0 aromatic heterocycles. The third kappa shape index (κ3) is 6.00. The van der Waals surface area contributed by atoms with Gasteiger partial charge in [-0.3, -0.25) is 14.5 Å². The Hall–Kier alpha value is -3.43. The molecule has 2 aliphatic heterocycles. The third-order valence-corrected chi connectivity index (χ3v) is 7.44. The highest BCUT2D eigenvalue weighted by Crippen LogP contribution is 2.38. The minimum absolute atomic E-state index is 0.00468. The zero-order chi connectivity index (χ0) is 26.5. The lowest BCUT2D eigenvalue weighted by atomic mass is 9.97. The molecule has 1 aliphatic carbocycles. The van der Waals surface area contributed by atoms with Gasteiger partial charge >= 0.3 is 0 Å². The van der Waals surface area contributed by atoms with E-state index in [-0.39, 0.29) is 30.3 Å². The van der Waals surface area contributed by atoms with Crippen LogP contribution in [0.4, 0.5) is 0 Å². The molecule has 1 atom stereocenters. The lowest BCUT2D eigenvalue weighted by molar-refractivity contribution is -0.142. The van der Waals surface area contributed by atoms with Crippen molar-refractivity contribution in [3.63, 3.8) is 0 Å². The average Bonchev–Trinajstić information content (AvgIpc) is 3.73. The number of methoxy groups -OCH3 is 2. The van der Waals surface area contributed by atoms with Crippen molar-refractivity contribution in [2.75, 3.05) is 60.2 Å². The summed E-state index contributed by atoms with van der Waals surface area (Å²) in [7, 11) is 3.26. The van der Waals surface area contributed by atoms with Crippen molar-refractivity contribution in [1.29, 1.82) is 0 Å². The van der Waals surface area contributed by atoms with Crippen molar-refractivity contribution in [1.82, 2.24) is 14.8 Å². The Bertz CT molecular complexity index is 1160. The average molecular weight is 521 g/mol. The Balaban J connectivity index is 1.38. The standard InChI is InChI=1S/C29H36N4O5/c1-36-23-11-9-21(10-12-23)25-19-26(24-5-3-4-6-27(24)37-2)33(30-25)28(34)20-32(29(35)22-7-8-22)14-13-31-15-17-38-18-16-31/h3-6,9-12,22,26H,7-8,13-20H2,1-2H3/t26-/m1/s1. The first-order valence-electron chi connectivity index (χ1n) is 13.3. The van der Waals surface area contributed by atoms with Gasteiger partial charge in [-0.25, -0.2) is 5.01 Å². The van der Waals surface area contributed by atoms with Gasteiger partial charge in [-0.1, -0.05) is 18.2 Å². The van der Waals surface area contributed by atoms with E-state index in [1.165, 1.54) is 0 Å². The molecule has 9 heteroatoms. The number of morpholine rings is 1. The van der Waals surface area contributed by atoms with Gasteiger partial charge < -0.3 is 19.1 Å². The van der Waals surface area contributed by atoms with E-state index in [9.17, 15) is 9.59 Å². The highest BCUT2D eigenvalue weighted by molar-refractivity contribution is 6.03. The Morgan fingerprint density at radius 1 is 1.03 bits per heavy atom. The molecule has 0 radical (unpaired) electrons. The molecule has 3 aliphatic rings. The maximum atomic E-state index is 13.8. The van der Waals surface area contributed by atoms with Gasteiger partial charge in [-0.2, -0.15) is 5.10 Å². The van der Waals surface area contributed by atoms with Gasteiger partial charge in [0.05, 0.1) is 39.2 Å². The summed E-state index contributed by atoms with van der Waals surface area (Å²) < 4.78 is 16.4. The van der Waals surface area contributed by atoms with E-state index in [0.717, 1.165) is 55.1 Å². The number of carbonyl (C=O) groups excluding carboxylic acids is 2. The zero-order valence-corrected chi connectivity index (χ0v) is 22.2. The van der Waals surface area contributed by atoms with Crippen molar-refractivity contribution in [3.8, 4) is 11.5 Å². The summed E-state index contributed by atoms with van der Waals surface area (Å²) >= 11 is 0. The Labute approximate surface area is 223 Å². The van der Waals surface area contributed by atoms with Crippen LogP contribution in [-0.2, 0) is 14.3 Å². The summed E-state index contributed by atoms with van der Waals surface area (Å²) in [6.07, 6.45) is 2.34. The first-order valence-corrected chi connectivity index (χ1v) is 13.3. The predicted octanol–water partition coefficient (Wildman–Crippen LogP) is 2.95. The first kappa shape index (κ1) is 26.2. The zero-order valence-electron chi connectivity index (χ0n) is 22.2. The summed E-state index contributed by atoms with van der Waals surface area (Å²) in [5, 5.41) is 6.36. The largest absolute Gasteiger partial charge is 0.497 e. The number of carbonyl (C=O) groups is 2. The quantitative estimate of drug-likeness (QED) is 0.479. The van der Waals surface area contributed by atoms with Crippen LogP contribution in [0.15, 0.2) is 53.6 Å². The van der Waals surface area contributed by atoms with Crippen molar-refractivity contribution in [2.24, 2.45) is 11.0 Å². The fourth-order valence-corrected chi connectivity index (χ4v) is 5.06. The highest BCUT2D eigenvalue weighted by atomic mass is 16.5. The third-order valence-electron chi connectivity index (χ3n) is 7.44. The minimum Gasteiger partial charge on any atom is -0.497 e. The molecule has 2 heterocycles. The smallest absolute Gasteiger partial charge is 0.262 e. The minimum atomic E-state index is -0.326. The molecule has 0 spiro atoms. The van der Waals surface area contributed by atoms with Gasteiger partial charge in [0.1, 0.15) is 18.0 Å². The van der Waals surface area contributed by atoms with Crippen LogP contribution >= 0.6 is 0 Å². The monoisotopic (exact) mass is 520 g/mol. The summed E-state index contributed by atoms with van der Waals surface area (Å²) in [6, 6.07) is 15.1. The van der Waals surface area contributed by atoms with Crippen molar-refractivity contribution in [2.45, 2.75) is 25.3 Å². The van der Waals surface area contributed by atoms with E-state index in [4.69, 9.17) is 19.3 Å². The lowest BCUT2D eigenvalue weighted by Crippen LogP contribution is -2.47. The fraction of sp³-hybridized carbons (Fsp3) is 0.483. The van der Waals surface area contributed by atoms with Crippen LogP contribution in [0.2, 0.25) is 0 Å². The number of rotatable bonds is 10. The molecular formula is C29H36N4O5. The van der Waals surface area contributed by atoms with E-state index in [0.29, 0.717) is 31.9 Å². The molecule has 2 aromatic carbocycles. The van der Waals surface area contributed by atoms with Crippen LogP contribution in [0.1, 0.15) is 36.4 Å². The summed E-state index contributed by atoms with van der Waals surface area (Å²) in [5.74, 6) is 1.38. The second-order valence-corrected chi connectivity index (χ2v) is 9.96. The molecule has 0 N–H and O–H groups in total. The van der Waals surface area contributed by atoms with Crippen molar-refractivity contribution >= 4 is 17.5 Å². The van der Waals surface area contributed by atoms with Crippen LogP contribution in [0, 0.1) is 5.92 Å². The molecule has 5 rings (SSSR count). The molecule has 0 unspecified atom stereocenters. The number of nitrogens with zero attached hydrogens (tertiary/aromatic N) is 4. The van der Waals surface area contributed by atoms with E-state index in [1.54, 1.807) is 24.1 Å². The Morgan fingerprint density at radius 3 is 2.45 bits per heavy atom. The van der Waals surface area contributed by atoms with Gasteiger partial charge in [0.15, 0.2) is 0 Å². The van der Waals surface area contributed by atoms with Gasteiger partial charge in [-0.05, 0) is 48.7 Å². The molecule has 0 bridgehead atoms. The van der Waals surface area contributed by atoms with Crippen LogP contribution in [0.5, 0.6) is 11.5 Å². The van der Waals surface area contributed by atoms with Gasteiger partial charge in [0.25, 0.3) is 5.91 Å². The van der Waals surface area contributed by atoms with Crippen LogP contribution in [0.25, 0.3) is 0 Å². The van der Waals surface area contributed by atoms with E-state index < -0.39 is 0 Å². The maximum Gasteiger partial charge on any atom is 0.262 e. The van der Waals surface area contributed by atoms with Crippen molar-refractivity contribution in [3.05, 3.63) is 59.7 Å². The Morgan fingerprint density at radius 2 is 1.76 bits per heavy atom. The molecular weight excluding hydrogens is 484 g/mol. The van der Waals surface area contributed by atoms with Crippen LogP contribution in [-0.4, -0.2) is 92.5 Å². The normalized spacial score (nSPS) is 19.7.